The highest BCUT2D eigenvalue weighted by atomic mass is 16.5. The molecule has 1 aromatic carbocycles. The molecule has 1 heterocycles. The second kappa shape index (κ2) is 11.7. The molecule has 1 saturated heterocycles. The summed E-state index contributed by atoms with van der Waals surface area (Å²) < 4.78 is 10.1. The van der Waals surface area contributed by atoms with Crippen LogP contribution >= 0.6 is 0 Å². The molecule has 9 heteroatoms. The van der Waals surface area contributed by atoms with Gasteiger partial charge in [0.2, 0.25) is 5.91 Å². The second-order valence-electron chi connectivity index (χ2n) is 8.97. The minimum Gasteiger partial charge on any atom is -0.497 e. The number of benzene rings is 1. The van der Waals surface area contributed by atoms with Crippen molar-refractivity contribution in [2.75, 3.05) is 40.5 Å². The van der Waals surface area contributed by atoms with Crippen LogP contribution in [-0.2, 0) is 9.53 Å². The third-order valence-corrected chi connectivity index (χ3v) is 5.31. The summed E-state index contributed by atoms with van der Waals surface area (Å²) in [6.07, 6.45) is 1.23. The third kappa shape index (κ3) is 7.71. The number of amides is 4. The molecule has 9 nitrogen and oxygen atoms in total. The van der Waals surface area contributed by atoms with Crippen molar-refractivity contribution >= 4 is 17.8 Å². The highest BCUT2D eigenvalue weighted by molar-refractivity contribution is 5.97. The fourth-order valence-corrected chi connectivity index (χ4v) is 3.59. The van der Waals surface area contributed by atoms with Gasteiger partial charge in [-0.3, -0.25) is 9.59 Å². The van der Waals surface area contributed by atoms with E-state index in [1.165, 1.54) is 0 Å². The van der Waals surface area contributed by atoms with Crippen molar-refractivity contribution in [3.8, 4) is 5.75 Å². The van der Waals surface area contributed by atoms with Gasteiger partial charge in [-0.05, 0) is 63.8 Å². The van der Waals surface area contributed by atoms with Gasteiger partial charge in [0.05, 0.1) is 13.7 Å². The molecular weight excluding hydrogens is 412 g/mol. The van der Waals surface area contributed by atoms with Crippen LogP contribution in [0.3, 0.4) is 0 Å². The van der Waals surface area contributed by atoms with E-state index < -0.39 is 6.04 Å². The van der Waals surface area contributed by atoms with Crippen LogP contribution in [0.15, 0.2) is 24.3 Å². The minimum atomic E-state index is -0.700. The van der Waals surface area contributed by atoms with Crippen LogP contribution in [0.5, 0.6) is 5.75 Å². The summed E-state index contributed by atoms with van der Waals surface area (Å²) in [7, 11) is 3.12. The minimum absolute atomic E-state index is 0.0848. The lowest BCUT2D eigenvalue weighted by molar-refractivity contribution is -0.124. The van der Waals surface area contributed by atoms with Crippen LogP contribution in [0.2, 0.25) is 0 Å². The van der Waals surface area contributed by atoms with E-state index in [-0.39, 0.29) is 29.3 Å². The summed E-state index contributed by atoms with van der Waals surface area (Å²) in [6, 6.07) is 5.92. The molecule has 0 aromatic heterocycles. The lowest BCUT2D eigenvalue weighted by atomic mass is 9.88. The lowest BCUT2D eigenvalue weighted by Crippen LogP contribution is -2.56. The first-order valence-corrected chi connectivity index (χ1v) is 10.9. The Hall–Kier alpha value is -2.81. The van der Waals surface area contributed by atoms with Crippen molar-refractivity contribution in [3.05, 3.63) is 29.8 Å². The van der Waals surface area contributed by atoms with Crippen LogP contribution in [0, 0.1) is 5.92 Å². The molecule has 1 aliphatic rings. The highest BCUT2D eigenvalue weighted by Crippen LogP contribution is 2.22. The fraction of sp³-hybridized carbons (Fsp3) is 0.609. The van der Waals surface area contributed by atoms with E-state index in [0.717, 1.165) is 0 Å². The molecular formula is C23H36N4O5. The van der Waals surface area contributed by atoms with E-state index >= 15 is 0 Å². The Balaban J connectivity index is 2.05. The normalized spacial score (nSPS) is 15.6. The first-order chi connectivity index (χ1) is 15.1. The topological polar surface area (TPSA) is 109 Å². The lowest BCUT2D eigenvalue weighted by Gasteiger charge is -2.37. The number of rotatable bonds is 8. The maximum atomic E-state index is 12.9. The Kier molecular flexibility index (Phi) is 9.31. The van der Waals surface area contributed by atoms with Crippen LogP contribution in [0.25, 0.3) is 0 Å². The van der Waals surface area contributed by atoms with Crippen molar-refractivity contribution in [1.29, 1.82) is 0 Å². The number of carbonyl (C=O) groups excluding carboxylic acids is 3. The predicted octanol–water partition coefficient (Wildman–Crippen LogP) is 1.78. The quantitative estimate of drug-likeness (QED) is 0.525. The molecule has 4 amide bonds. The van der Waals surface area contributed by atoms with Crippen molar-refractivity contribution in [2.24, 2.45) is 5.92 Å². The van der Waals surface area contributed by atoms with Gasteiger partial charge >= 0.3 is 6.03 Å². The molecule has 0 bridgehead atoms. The molecule has 0 spiro atoms. The van der Waals surface area contributed by atoms with Gasteiger partial charge in [-0.1, -0.05) is 0 Å². The van der Waals surface area contributed by atoms with Crippen molar-refractivity contribution in [3.63, 3.8) is 0 Å². The van der Waals surface area contributed by atoms with E-state index in [1.54, 1.807) is 43.4 Å². The molecule has 178 valence electrons. The zero-order valence-corrected chi connectivity index (χ0v) is 19.7. The van der Waals surface area contributed by atoms with Gasteiger partial charge in [0.1, 0.15) is 11.8 Å². The summed E-state index contributed by atoms with van der Waals surface area (Å²) >= 11 is 0. The van der Waals surface area contributed by atoms with Crippen LogP contribution in [0.4, 0.5) is 4.79 Å². The summed E-state index contributed by atoms with van der Waals surface area (Å²) in [4.78, 5) is 39.9. The molecule has 0 saturated carbocycles. The summed E-state index contributed by atoms with van der Waals surface area (Å²) in [5.74, 6) is -0.0105. The number of urea groups is 1. The smallest absolute Gasteiger partial charge is 0.317 e. The standard InChI is InChI=1S/C23H36N4O5/c1-23(2,3)26-22(30)27-13-10-16(11-14-27)19(21(29)24-12-15-31-4)25-20(28)17-6-8-18(32-5)9-7-17/h6-9,16,19H,10-15H2,1-5H3,(H,24,29)(H,25,28)(H,26,30)/t19-/m1/s1. The van der Waals surface area contributed by atoms with Crippen molar-refractivity contribution < 1.29 is 23.9 Å². The van der Waals surface area contributed by atoms with Gasteiger partial charge < -0.3 is 30.3 Å². The monoisotopic (exact) mass is 448 g/mol. The number of nitrogens with zero attached hydrogens (tertiary/aromatic N) is 1. The number of methoxy groups -OCH3 is 2. The van der Waals surface area contributed by atoms with E-state index in [2.05, 4.69) is 16.0 Å². The Bertz CT molecular complexity index is 768. The van der Waals surface area contributed by atoms with Gasteiger partial charge in [-0.15, -0.1) is 0 Å². The number of ether oxygens (including phenoxy) is 2. The van der Waals surface area contributed by atoms with Gasteiger partial charge in [0.25, 0.3) is 5.91 Å². The summed E-state index contributed by atoms with van der Waals surface area (Å²) in [5, 5.41) is 8.69. The maximum Gasteiger partial charge on any atom is 0.317 e. The summed E-state index contributed by atoms with van der Waals surface area (Å²) in [5.41, 5.74) is 0.131. The predicted molar refractivity (Wildman–Crippen MR) is 122 cm³/mol. The van der Waals surface area contributed by atoms with Crippen LogP contribution < -0.4 is 20.7 Å². The summed E-state index contributed by atoms with van der Waals surface area (Å²) in [6.45, 7) is 7.60. The molecule has 1 fully saturated rings. The molecule has 1 aliphatic heterocycles. The number of nitrogens with one attached hydrogen (secondary N) is 3. The third-order valence-electron chi connectivity index (χ3n) is 5.31. The Morgan fingerprint density at radius 2 is 1.72 bits per heavy atom. The molecule has 32 heavy (non-hydrogen) atoms. The van der Waals surface area contributed by atoms with E-state index in [0.29, 0.717) is 50.4 Å². The fourth-order valence-electron chi connectivity index (χ4n) is 3.59. The van der Waals surface area contributed by atoms with Gasteiger partial charge in [-0.2, -0.15) is 0 Å². The van der Waals surface area contributed by atoms with Crippen LogP contribution in [-0.4, -0.2) is 74.8 Å². The molecule has 0 aliphatic carbocycles. The zero-order valence-electron chi connectivity index (χ0n) is 19.7. The highest BCUT2D eigenvalue weighted by Gasteiger charge is 2.34. The van der Waals surface area contributed by atoms with E-state index in [9.17, 15) is 14.4 Å². The number of likely N-dealkylation sites (tertiary alicyclic amines) is 1. The van der Waals surface area contributed by atoms with Crippen molar-refractivity contribution in [2.45, 2.75) is 45.2 Å². The second-order valence-corrected chi connectivity index (χ2v) is 8.97. The van der Waals surface area contributed by atoms with Crippen molar-refractivity contribution in [1.82, 2.24) is 20.9 Å². The number of carbonyl (C=O) groups is 3. The molecule has 0 radical (unpaired) electrons. The average Bonchev–Trinajstić information content (AvgIpc) is 2.76. The van der Waals surface area contributed by atoms with E-state index in [4.69, 9.17) is 9.47 Å². The Labute approximate surface area is 190 Å². The first-order valence-electron chi connectivity index (χ1n) is 10.9. The number of hydrogen-bond donors (Lipinski definition) is 3. The first kappa shape index (κ1) is 25.5. The maximum absolute atomic E-state index is 12.9. The van der Waals surface area contributed by atoms with Gasteiger partial charge in [-0.25, -0.2) is 4.79 Å². The molecule has 1 aromatic rings. The number of piperidine rings is 1. The Morgan fingerprint density at radius 1 is 1.09 bits per heavy atom. The van der Waals surface area contributed by atoms with Gasteiger partial charge in [0.15, 0.2) is 0 Å². The zero-order chi connectivity index (χ0) is 23.7. The molecule has 2 rings (SSSR count). The van der Waals surface area contributed by atoms with Crippen LogP contribution in [0.1, 0.15) is 44.0 Å². The van der Waals surface area contributed by atoms with Gasteiger partial charge in [0, 0.05) is 37.8 Å². The average molecular weight is 449 g/mol. The van der Waals surface area contributed by atoms with E-state index in [1.807, 2.05) is 20.8 Å². The molecule has 0 unspecified atom stereocenters. The Morgan fingerprint density at radius 3 is 2.25 bits per heavy atom. The SMILES string of the molecule is COCCNC(=O)[C@H](NC(=O)c1ccc(OC)cc1)C1CCN(C(=O)NC(C)(C)C)CC1. The largest absolute Gasteiger partial charge is 0.497 e. The molecule has 1 atom stereocenters. The number of hydrogen-bond acceptors (Lipinski definition) is 5. The molecule has 3 N–H and O–H groups in total.